The lowest BCUT2D eigenvalue weighted by atomic mass is 10.2. The van der Waals surface area contributed by atoms with E-state index in [9.17, 15) is 13.2 Å². The quantitative estimate of drug-likeness (QED) is 0.644. The van der Waals surface area contributed by atoms with Crippen molar-refractivity contribution < 1.29 is 18.3 Å². The Kier molecular flexibility index (Phi) is 3.10. The van der Waals surface area contributed by atoms with Gasteiger partial charge in [-0.15, -0.1) is 0 Å². The van der Waals surface area contributed by atoms with Crippen molar-refractivity contribution in [1.82, 2.24) is 4.98 Å². The molecule has 1 aromatic rings. The van der Waals surface area contributed by atoms with Crippen molar-refractivity contribution in [2.75, 3.05) is 6.61 Å². The van der Waals surface area contributed by atoms with Gasteiger partial charge in [0.2, 0.25) is 0 Å². The van der Waals surface area contributed by atoms with Gasteiger partial charge in [0.15, 0.2) is 0 Å². The number of nitrogens with zero attached hydrogens (tertiary/aromatic N) is 1. The van der Waals surface area contributed by atoms with Gasteiger partial charge in [-0.05, 0) is 18.1 Å². The van der Waals surface area contributed by atoms with E-state index in [4.69, 9.17) is 5.11 Å². The Labute approximate surface area is 78.4 Å². The van der Waals surface area contributed by atoms with Crippen LogP contribution in [0, 0.1) is 11.8 Å². The van der Waals surface area contributed by atoms with Gasteiger partial charge >= 0.3 is 6.18 Å². The summed E-state index contributed by atoms with van der Waals surface area (Å²) >= 11 is 0. The Morgan fingerprint density at radius 3 is 2.71 bits per heavy atom. The van der Waals surface area contributed by atoms with E-state index in [1.165, 1.54) is 12.3 Å². The van der Waals surface area contributed by atoms with Gasteiger partial charge in [-0.3, -0.25) is 0 Å². The maximum Gasteiger partial charge on any atom is 0.419 e. The van der Waals surface area contributed by atoms with Crippen molar-refractivity contribution in [3.05, 3.63) is 29.6 Å². The Bertz CT molecular complexity index is 376. The maximum atomic E-state index is 12.3. The average molecular weight is 201 g/mol. The highest BCUT2D eigenvalue weighted by Gasteiger charge is 2.33. The number of aliphatic hydroxyl groups is 1. The molecule has 0 aromatic carbocycles. The highest BCUT2D eigenvalue weighted by molar-refractivity contribution is 5.37. The van der Waals surface area contributed by atoms with E-state index in [2.05, 4.69) is 16.8 Å². The number of hydrogen-bond donors (Lipinski definition) is 1. The van der Waals surface area contributed by atoms with E-state index < -0.39 is 18.3 Å². The highest BCUT2D eigenvalue weighted by Crippen LogP contribution is 2.30. The minimum absolute atomic E-state index is 0.367. The molecule has 74 valence electrons. The van der Waals surface area contributed by atoms with E-state index in [-0.39, 0.29) is 5.69 Å². The van der Waals surface area contributed by atoms with E-state index in [1.54, 1.807) is 0 Å². The Morgan fingerprint density at radius 1 is 1.43 bits per heavy atom. The molecule has 0 saturated carbocycles. The predicted molar refractivity (Wildman–Crippen MR) is 43.2 cm³/mol. The first-order chi connectivity index (χ1) is 6.55. The van der Waals surface area contributed by atoms with Crippen LogP contribution in [0.5, 0.6) is 0 Å². The summed E-state index contributed by atoms with van der Waals surface area (Å²) in [5.74, 6) is 4.26. The van der Waals surface area contributed by atoms with Crippen LogP contribution in [-0.4, -0.2) is 16.7 Å². The first-order valence-corrected chi connectivity index (χ1v) is 3.67. The van der Waals surface area contributed by atoms with Crippen molar-refractivity contribution in [3.8, 4) is 11.8 Å². The largest absolute Gasteiger partial charge is 0.419 e. The van der Waals surface area contributed by atoms with Crippen molar-refractivity contribution in [2.24, 2.45) is 0 Å². The Balaban J connectivity index is 3.16. The smallest absolute Gasteiger partial charge is 0.384 e. The summed E-state index contributed by atoms with van der Waals surface area (Å²) in [6, 6.07) is 2.08. The molecule has 14 heavy (non-hydrogen) atoms. The lowest BCUT2D eigenvalue weighted by Gasteiger charge is -2.06. The number of alkyl halides is 3. The summed E-state index contributed by atoms with van der Waals surface area (Å²) in [7, 11) is 0. The van der Waals surface area contributed by atoms with Crippen LogP contribution in [0.15, 0.2) is 18.3 Å². The lowest BCUT2D eigenvalue weighted by molar-refractivity contribution is -0.138. The minimum atomic E-state index is -4.46. The number of hydrogen-bond acceptors (Lipinski definition) is 2. The SMILES string of the molecule is OCC#Cc1ncccc1C(F)(F)F. The van der Waals surface area contributed by atoms with Crippen molar-refractivity contribution in [2.45, 2.75) is 6.18 Å². The maximum absolute atomic E-state index is 12.3. The number of aliphatic hydroxyl groups excluding tert-OH is 1. The lowest BCUT2D eigenvalue weighted by Crippen LogP contribution is -2.08. The normalized spacial score (nSPS) is 10.6. The third-order valence-corrected chi connectivity index (χ3v) is 1.40. The van der Waals surface area contributed by atoms with Crippen molar-refractivity contribution in [3.63, 3.8) is 0 Å². The Morgan fingerprint density at radius 2 is 2.14 bits per heavy atom. The molecule has 0 saturated heterocycles. The van der Waals surface area contributed by atoms with Crippen LogP contribution in [0.4, 0.5) is 13.2 Å². The number of rotatable bonds is 0. The molecule has 0 atom stereocenters. The number of halogens is 3. The molecule has 0 aliphatic rings. The summed E-state index contributed by atoms with van der Waals surface area (Å²) in [5.41, 5.74) is -1.25. The molecule has 1 aromatic heterocycles. The molecule has 0 fully saturated rings. The predicted octanol–water partition coefficient (Wildman–Crippen LogP) is 1.44. The number of aromatic nitrogens is 1. The van der Waals surface area contributed by atoms with Crippen molar-refractivity contribution >= 4 is 0 Å². The van der Waals surface area contributed by atoms with E-state index in [0.29, 0.717) is 0 Å². The molecule has 0 bridgehead atoms. The molecule has 0 radical (unpaired) electrons. The zero-order valence-electron chi connectivity index (χ0n) is 6.97. The van der Waals surface area contributed by atoms with Crippen LogP contribution in [0.1, 0.15) is 11.3 Å². The molecule has 1 N–H and O–H groups in total. The van der Waals surface area contributed by atoms with Crippen LogP contribution in [-0.2, 0) is 6.18 Å². The zero-order chi connectivity index (χ0) is 10.6. The van der Waals surface area contributed by atoms with Crippen LogP contribution < -0.4 is 0 Å². The molecule has 1 heterocycles. The van der Waals surface area contributed by atoms with Crippen molar-refractivity contribution in [1.29, 1.82) is 0 Å². The van der Waals surface area contributed by atoms with Gasteiger partial charge in [-0.2, -0.15) is 13.2 Å². The van der Waals surface area contributed by atoms with Gasteiger partial charge in [0.1, 0.15) is 12.3 Å². The molecule has 0 aliphatic carbocycles. The highest BCUT2D eigenvalue weighted by atomic mass is 19.4. The second-order valence-electron chi connectivity index (χ2n) is 2.36. The van der Waals surface area contributed by atoms with Crippen LogP contribution in [0.25, 0.3) is 0 Å². The van der Waals surface area contributed by atoms with Crippen LogP contribution >= 0.6 is 0 Å². The first-order valence-electron chi connectivity index (χ1n) is 3.67. The van der Waals surface area contributed by atoms with Gasteiger partial charge < -0.3 is 5.11 Å². The third-order valence-electron chi connectivity index (χ3n) is 1.40. The molecule has 0 amide bonds. The summed E-state index contributed by atoms with van der Waals surface area (Å²) < 4.78 is 36.9. The summed E-state index contributed by atoms with van der Waals surface area (Å²) in [5, 5.41) is 8.34. The van der Waals surface area contributed by atoms with E-state index >= 15 is 0 Å². The topological polar surface area (TPSA) is 33.1 Å². The van der Waals surface area contributed by atoms with Gasteiger partial charge in [0.25, 0.3) is 0 Å². The van der Waals surface area contributed by atoms with E-state index in [1.807, 2.05) is 0 Å². The van der Waals surface area contributed by atoms with Gasteiger partial charge in [-0.1, -0.05) is 5.92 Å². The minimum Gasteiger partial charge on any atom is -0.384 e. The fourth-order valence-corrected chi connectivity index (χ4v) is 0.857. The zero-order valence-corrected chi connectivity index (χ0v) is 6.97. The molecule has 0 unspecified atom stereocenters. The molecule has 0 spiro atoms. The Hall–Kier alpha value is -1.54. The summed E-state index contributed by atoms with van der Waals surface area (Å²) in [4.78, 5) is 3.48. The molecule has 1 rings (SSSR count). The third kappa shape index (κ3) is 2.47. The fourth-order valence-electron chi connectivity index (χ4n) is 0.857. The molecule has 5 heteroatoms. The summed E-state index contributed by atoms with van der Waals surface area (Å²) in [6.07, 6.45) is -3.25. The van der Waals surface area contributed by atoms with Gasteiger partial charge in [0.05, 0.1) is 5.56 Å². The van der Waals surface area contributed by atoms with Crippen LogP contribution in [0.2, 0.25) is 0 Å². The second kappa shape index (κ2) is 4.11. The molecule has 0 aliphatic heterocycles. The average Bonchev–Trinajstić information content (AvgIpc) is 2.14. The summed E-state index contributed by atoms with van der Waals surface area (Å²) in [6.45, 7) is -0.492. The molecular formula is C9H6F3NO. The van der Waals surface area contributed by atoms with Gasteiger partial charge in [-0.25, -0.2) is 4.98 Å². The standard InChI is InChI=1S/C9H6F3NO/c10-9(11,12)7-3-1-5-13-8(7)4-2-6-14/h1,3,5,14H,6H2. The molecule has 2 nitrogen and oxygen atoms in total. The van der Waals surface area contributed by atoms with Crippen LogP contribution in [0.3, 0.4) is 0 Å². The first kappa shape index (κ1) is 10.5. The second-order valence-corrected chi connectivity index (χ2v) is 2.36. The monoisotopic (exact) mass is 201 g/mol. The molecular weight excluding hydrogens is 195 g/mol. The van der Waals surface area contributed by atoms with Gasteiger partial charge in [0, 0.05) is 6.20 Å². The van der Waals surface area contributed by atoms with E-state index in [0.717, 1.165) is 6.07 Å². The number of pyridine rings is 1. The fraction of sp³-hybridized carbons (Fsp3) is 0.222.